The van der Waals surface area contributed by atoms with Gasteiger partial charge >= 0.3 is 12.1 Å². The third kappa shape index (κ3) is 6.07. The van der Waals surface area contributed by atoms with E-state index in [4.69, 9.17) is 9.47 Å². The van der Waals surface area contributed by atoms with Gasteiger partial charge < -0.3 is 19.5 Å². The maximum absolute atomic E-state index is 12.6. The first kappa shape index (κ1) is 25.5. The summed E-state index contributed by atoms with van der Waals surface area (Å²) in [6.45, 7) is 6.19. The lowest BCUT2D eigenvalue weighted by atomic mass is 9.87. The van der Waals surface area contributed by atoms with E-state index in [-0.39, 0.29) is 30.3 Å². The zero-order valence-corrected chi connectivity index (χ0v) is 20.8. The molecule has 1 saturated carbocycles. The predicted molar refractivity (Wildman–Crippen MR) is 127 cm³/mol. The minimum atomic E-state index is -0.750. The lowest BCUT2D eigenvalue weighted by Crippen LogP contribution is -2.45. The fourth-order valence-electron chi connectivity index (χ4n) is 4.38. The van der Waals surface area contributed by atoms with Crippen LogP contribution in [0, 0.1) is 5.92 Å². The van der Waals surface area contributed by atoms with Crippen LogP contribution in [-0.2, 0) is 23.2 Å². The van der Waals surface area contributed by atoms with Crippen molar-refractivity contribution >= 4 is 12.1 Å². The summed E-state index contributed by atoms with van der Waals surface area (Å²) in [6, 6.07) is 7.48. The molecule has 1 fully saturated rings. The minimum absolute atomic E-state index is 0.0567. The molecule has 3 rings (SSSR count). The molecule has 9 heteroatoms. The number of nitrogens with zero attached hydrogens (tertiary/aromatic N) is 4. The topological polar surface area (TPSA) is 107 Å². The Morgan fingerprint density at radius 1 is 1.24 bits per heavy atom. The molecule has 1 amide bonds. The van der Waals surface area contributed by atoms with E-state index in [1.807, 2.05) is 38.1 Å². The van der Waals surface area contributed by atoms with Crippen molar-refractivity contribution < 1.29 is 24.2 Å². The molecule has 2 unspecified atom stereocenters. The Morgan fingerprint density at radius 3 is 2.59 bits per heavy atom. The Kier molecular flexibility index (Phi) is 8.17. The number of ether oxygens (including phenoxy) is 2. The van der Waals surface area contributed by atoms with Crippen LogP contribution in [0.4, 0.5) is 4.79 Å². The largest absolute Gasteiger partial charge is 0.490 e. The molecular formula is C25H36N4O5. The third-order valence-electron chi connectivity index (χ3n) is 6.72. The maximum Gasteiger partial charge on any atom is 0.410 e. The molecule has 1 N–H and O–H groups in total. The number of benzene rings is 1. The van der Waals surface area contributed by atoms with E-state index in [0.29, 0.717) is 30.0 Å². The Labute approximate surface area is 201 Å². The Balaban J connectivity index is 1.65. The van der Waals surface area contributed by atoms with Crippen molar-refractivity contribution in [3.05, 3.63) is 30.0 Å². The van der Waals surface area contributed by atoms with E-state index in [0.717, 1.165) is 31.2 Å². The molecule has 186 valence electrons. The lowest BCUT2D eigenvalue weighted by molar-refractivity contribution is -0.143. The number of hydrogen-bond acceptors (Lipinski definition) is 6. The third-order valence-corrected chi connectivity index (χ3v) is 6.72. The standard InChI is InChI=1S/C25H36N4O5/c1-6-14-25(2,3)28(4)24(32)33-16-21-22(26-27-29(21)5)17-10-12-19(13-11-17)34-20-9-7-8-18(15-20)23(30)31/h10-13,18,20H,6-9,14-16H2,1-5H3,(H,30,31). The number of carbonyl (C=O) groups excluding carboxylic acids is 1. The Bertz CT molecular complexity index is 986. The summed E-state index contributed by atoms with van der Waals surface area (Å²) in [5, 5.41) is 17.7. The van der Waals surface area contributed by atoms with Gasteiger partial charge in [-0.25, -0.2) is 9.48 Å². The number of aliphatic carboxylic acids is 1. The number of rotatable bonds is 9. The first-order valence-electron chi connectivity index (χ1n) is 11.9. The number of aromatic nitrogens is 3. The molecule has 9 nitrogen and oxygen atoms in total. The molecule has 2 aromatic rings. The fraction of sp³-hybridized carbons (Fsp3) is 0.600. The first-order valence-corrected chi connectivity index (χ1v) is 11.9. The first-order chi connectivity index (χ1) is 16.1. The van der Waals surface area contributed by atoms with E-state index >= 15 is 0 Å². The second-order valence-electron chi connectivity index (χ2n) is 9.65. The van der Waals surface area contributed by atoms with Crippen LogP contribution < -0.4 is 4.74 Å². The van der Waals surface area contributed by atoms with Crippen LogP contribution in [0.25, 0.3) is 11.3 Å². The summed E-state index contributed by atoms with van der Waals surface area (Å²) in [6.07, 6.45) is 4.31. The Morgan fingerprint density at radius 2 is 1.94 bits per heavy atom. The molecular weight excluding hydrogens is 436 g/mol. The van der Waals surface area contributed by atoms with Gasteiger partial charge in [0.1, 0.15) is 23.7 Å². The number of hydrogen-bond donors (Lipinski definition) is 1. The van der Waals surface area contributed by atoms with E-state index in [9.17, 15) is 14.7 Å². The number of carbonyl (C=O) groups is 2. The highest BCUT2D eigenvalue weighted by Gasteiger charge is 2.29. The van der Waals surface area contributed by atoms with E-state index in [2.05, 4.69) is 17.2 Å². The maximum atomic E-state index is 12.6. The lowest BCUT2D eigenvalue weighted by Gasteiger charge is -2.34. The van der Waals surface area contributed by atoms with Crippen LogP contribution in [0.3, 0.4) is 0 Å². The van der Waals surface area contributed by atoms with E-state index in [1.165, 1.54) is 0 Å². The molecule has 1 aromatic carbocycles. The van der Waals surface area contributed by atoms with E-state index in [1.54, 1.807) is 23.7 Å². The second-order valence-corrected chi connectivity index (χ2v) is 9.65. The summed E-state index contributed by atoms with van der Waals surface area (Å²) in [7, 11) is 3.52. The summed E-state index contributed by atoms with van der Waals surface area (Å²) >= 11 is 0. The van der Waals surface area contributed by atoms with Crippen molar-refractivity contribution in [2.75, 3.05) is 7.05 Å². The number of amides is 1. The predicted octanol–water partition coefficient (Wildman–Crippen LogP) is 4.65. The summed E-state index contributed by atoms with van der Waals surface area (Å²) in [5.74, 6) is -0.398. The van der Waals surface area contributed by atoms with Gasteiger partial charge in [0.05, 0.1) is 12.0 Å². The quantitative estimate of drug-likeness (QED) is 0.566. The zero-order chi connectivity index (χ0) is 24.9. The zero-order valence-electron chi connectivity index (χ0n) is 20.8. The van der Waals surface area contributed by atoms with Crippen LogP contribution in [0.1, 0.15) is 65.0 Å². The van der Waals surface area contributed by atoms with E-state index < -0.39 is 5.97 Å². The van der Waals surface area contributed by atoms with Gasteiger partial charge in [0.15, 0.2) is 0 Å². The van der Waals surface area contributed by atoms with Crippen LogP contribution in [0.15, 0.2) is 24.3 Å². The molecule has 0 saturated heterocycles. The van der Waals surface area contributed by atoms with Crippen molar-refractivity contribution in [3.8, 4) is 17.0 Å². The van der Waals surface area contributed by atoms with Crippen molar-refractivity contribution in [1.82, 2.24) is 19.9 Å². The molecule has 1 heterocycles. The summed E-state index contributed by atoms with van der Waals surface area (Å²) in [4.78, 5) is 25.5. The molecule has 2 atom stereocenters. The van der Waals surface area contributed by atoms with Crippen LogP contribution in [0.5, 0.6) is 5.75 Å². The highest BCUT2D eigenvalue weighted by atomic mass is 16.6. The average molecular weight is 473 g/mol. The molecule has 0 radical (unpaired) electrons. The van der Waals surface area contributed by atoms with Gasteiger partial charge in [-0.15, -0.1) is 5.10 Å². The van der Waals surface area contributed by atoms with Gasteiger partial charge in [0.2, 0.25) is 0 Å². The van der Waals surface area contributed by atoms with Gasteiger partial charge in [0.25, 0.3) is 0 Å². The molecule has 1 aliphatic rings. The molecule has 0 aliphatic heterocycles. The summed E-state index contributed by atoms with van der Waals surface area (Å²) in [5.41, 5.74) is 1.87. The van der Waals surface area contributed by atoms with Crippen LogP contribution in [-0.4, -0.2) is 55.8 Å². The number of carboxylic acids is 1. The summed E-state index contributed by atoms with van der Waals surface area (Å²) < 4.78 is 13.2. The fourth-order valence-corrected chi connectivity index (χ4v) is 4.38. The van der Waals surface area contributed by atoms with Crippen molar-refractivity contribution in [3.63, 3.8) is 0 Å². The normalized spacial score (nSPS) is 18.4. The second kappa shape index (κ2) is 10.9. The van der Waals surface area contributed by atoms with Crippen LogP contribution in [0.2, 0.25) is 0 Å². The Hall–Kier alpha value is -3.10. The molecule has 0 spiro atoms. The monoisotopic (exact) mass is 472 g/mol. The van der Waals surface area contributed by atoms with Gasteiger partial charge in [-0.2, -0.15) is 0 Å². The number of carboxylic acid groups (broad SMARTS) is 1. The van der Waals surface area contributed by atoms with Crippen molar-refractivity contribution in [1.29, 1.82) is 0 Å². The van der Waals surface area contributed by atoms with Gasteiger partial charge in [-0.05, 0) is 70.2 Å². The van der Waals surface area contributed by atoms with Gasteiger partial charge in [-0.1, -0.05) is 18.6 Å². The van der Waals surface area contributed by atoms with Crippen molar-refractivity contribution in [2.24, 2.45) is 13.0 Å². The van der Waals surface area contributed by atoms with Crippen molar-refractivity contribution in [2.45, 2.75) is 77.5 Å². The molecule has 0 bridgehead atoms. The minimum Gasteiger partial charge on any atom is -0.490 e. The molecule has 34 heavy (non-hydrogen) atoms. The molecule has 1 aliphatic carbocycles. The number of aryl methyl sites for hydroxylation is 1. The SMILES string of the molecule is CCCC(C)(C)N(C)C(=O)OCc1c(-c2ccc(OC3CCCC(C(=O)O)C3)cc2)nnn1C. The van der Waals surface area contributed by atoms with Gasteiger partial charge in [0, 0.05) is 25.2 Å². The van der Waals surface area contributed by atoms with Gasteiger partial charge in [-0.3, -0.25) is 4.79 Å². The van der Waals surface area contributed by atoms with Crippen LogP contribution >= 0.6 is 0 Å². The average Bonchev–Trinajstić information content (AvgIpc) is 3.17. The smallest absolute Gasteiger partial charge is 0.410 e. The highest BCUT2D eigenvalue weighted by molar-refractivity contribution is 5.70. The highest BCUT2D eigenvalue weighted by Crippen LogP contribution is 2.30. The molecule has 1 aromatic heterocycles.